The number of rotatable bonds is 8. The third kappa shape index (κ3) is 7.61. The Hall–Kier alpha value is -1.06. The summed E-state index contributed by atoms with van der Waals surface area (Å²) in [5.74, 6) is 2.38. The zero-order valence-electron chi connectivity index (χ0n) is 17.9. The van der Waals surface area contributed by atoms with Crippen LogP contribution in [0.5, 0.6) is 5.75 Å². The van der Waals surface area contributed by atoms with Gasteiger partial charge in [0.25, 0.3) is 0 Å². The van der Waals surface area contributed by atoms with Crippen molar-refractivity contribution in [3.05, 3.63) is 29.8 Å². The maximum atomic E-state index is 6.13. The minimum atomic E-state index is -0.207. The van der Waals surface area contributed by atoms with Gasteiger partial charge in [-0.05, 0) is 39.7 Å². The van der Waals surface area contributed by atoms with Crippen molar-refractivity contribution in [3.8, 4) is 5.75 Å². The van der Waals surface area contributed by atoms with Gasteiger partial charge in [-0.3, -0.25) is 4.99 Å². The molecule has 2 unspecified atom stereocenters. The molecule has 3 rings (SSSR count). The average Bonchev–Trinajstić information content (AvgIpc) is 3.17. The lowest BCUT2D eigenvalue weighted by Gasteiger charge is -2.38. The fraction of sp³-hybridized carbons (Fsp3) is 0.682. The molecule has 6 nitrogen and oxygen atoms in total. The molecule has 29 heavy (non-hydrogen) atoms. The second kappa shape index (κ2) is 12.0. The highest BCUT2D eigenvalue weighted by Crippen LogP contribution is 2.39. The highest BCUT2D eigenvalue weighted by Gasteiger charge is 2.33. The van der Waals surface area contributed by atoms with Gasteiger partial charge in [0.15, 0.2) is 5.96 Å². The van der Waals surface area contributed by atoms with Crippen molar-refractivity contribution in [2.45, 2.75) is 51.7 Å². The summed E-state index contributed by atoms with van der Waals surface area (Å²) in [4.78, 5) is 4.75. The third-order valence-corrected chi connectivity index (χ3v) is 5.13. The van der Waals surface area contributed by atoms with Gasteiger partial charge < -0.3 is 24.8 Å². The molecule has 1 saturated heterocycles. The zero-order valence-corrected chi connectivity index (χ0v) is 20.2. The Morgan fingerprint density at radius 1 is 1.31 bits per heavy atom. The Bertz CT molecular complexity index is 648. The summed E-state index contributed by atoms with van der Waals surface area (Å²) < 4.78 is 17.3. The number of benzene rings is 1. The van der Waals surface area contributed by atoms with Crippen LogP contribution >= 0.6 is 24.0 Å². The normalized spacial score (nSPS) is 22.9. The zero-order chi connectivity index (χ0) is 19.8. The molecule has 0 bridgehead atoms. The van der Waals surface area contributed by atoms with Gasteiger partial charge in [-0.15, -0.1) is 24.0 Å². The van der Waals surface area contributed by atoms with Gasteiger partial charge in [-0.1, -0.05) is 18.2 Å². The summed E-state index contributed by atoms with van der Waals surface area (Å²) in [6.07, 6.45) is 2.93. The first-order valence-corrected chi connectivity index (χ1v) is 10.6. The lowest BCUT2D eigenvalue weighted by molar-refractivity contribution is 0.0694. The summed E-state index contributed by atoms with van der Waals surface area (Å²) in [6.45, 7) is 11.2. The maximum absolute atomic E-state index is 6.13. The molecular formula is C22H36IN3O3. The number of fused-ring (bicyclic) bond motifs is 1. The van der Waals surface area contributed by atoms with E-state index in [1.165, 1.54) is 5.56 Å². The van der Waals surface area contributed by atoms with Crippen LogP contribution in [0, 0.1) is 5.92 Å². The van der Waals surface area contributed by atoms with Crippen LogP contribution in [0.1, 0.15) is 51.6 Å². The van der Waals surface area contributed by atoms with Gasteiger partial charge in [0.1, 0.15) is 11.4 Å². The predicted molar refractivity (Wildman–Crippen MR) is 127 cm³/mol. The van der Waals surface area contributed by atoms with E-state index < -0.39 is 0 Å². The van der Waals surface area contributed by atoms with Crippen LogP contribution in [0.25, 0.3) is 0 Å². The second-order valence-electron chi connectivity index (χ2n) is 8.22. The van der Waals surface area contributed by atoms with E-state index in [1.54, 1.807) is 0 Å². The monoisotopic (exact) mass is 517 g/mol. The summed E-state index contributed by atoms with van der Waals surface area (Å²) in [5, 5.41) is 6.97. The van der Waals surface area contributed by atoms with E-state index in [9.17, 15) is 0 Å². The smallest absolute Gasteiger partial charge is 0.191 e. The van der Waals surface area contributed by atoms with Crippen molar-refractivity contribution in [3.63, 3.8) is 0 Å². The molecule has 164 valence electrons. The lowest BCUT2D eigenvalue weighted by atomic mass is 9.90. The van der Waals surface area contributed by atoms with Crippen LogP contribution < -0.4 is 15.4 Å². The molecule has 2 N–H and O–H groups in total. The SMILES string of the molecule is CCNC(=NCCCOCC1CCOC1)NC1CC(C)(C)Oc2ccccc21.I. The van der Waals surface area contributed by atoms with Gasteiger partial charge >= 0.3 is 0 Å². The first kappa shape index (κ1) is 24.2. The molecule has 2 aliphatic heterocycles. The molecule has 0 spiro atoms. The van der Waals surface area contributed by atoms with Crippen LogP contribution in [-0.2, 0) is 9.47 Å². The van der Waals surface area contributed by atoms with Crippen molar-refractivity contribution in [2.24, 2.45) is 10.9 Å². The van der Waals surface area contributed by atoms with Crippen LogP contribution in [0.3, 0.4) is 0 Å². The molecule has 0 radical (unpaired) electrons. The van der Waals surface area contributed by atoms with E-state index >= 15 is 0 Å². The number of ether oxygens (including phenoxy) is 3. The molecule has 2 atom stereocenters. The number of nitrogens with one attached hydrogen (secondary N) is 2. The van der Waals surface area contributed by atoms with E-state index in [-0.39, 0.29) is 35.6 Å². The maximum Gasteiger partial charge on any atom is 0.191 e. The molecule has 1 aromatic rings. The number of halogens is 1. The number of hydrogen-bond donors (Lipinski definition) is 2. The van der Waals surface area contributed by atoms with E-state index in [1.807, 2.05) is 12.1 Å². The lowest BCUT2D eigenvalue weighted by Crippen LogP contribution is -2.45. The number of guanidine groups is 1. The molecule has 0 aliphatic carbocycles. The third-order valence-electron chi connectivity index (χ3n) is 5.13. The molecule has 2 aliphatic rings. The minimum Gasteiger partial charge on any atom is -0.487 e. The second-order valence-corrected chi connectivity index (χ2v) is 8.22. The standard InChI is InChI=1S/C22H35N3O3.HI/c1-4-23-21(24-11-7-12-26-15-17-10-13-27-16-17)25-19-14-22(2,3)28-20-9-6-5-8-18(19)20;/h5-6,8-9,17,19H,4,7,10-16H2,1-3H3,(H2,23,24,25);1H. The number of aliphatic imine (C=N–C) groups is 1. The molecule has 1 aromatic carbocycles. The fourth-order valence-electron chi connectivity index (χ4n) is 3.74. The van der Waals surface area contributed by atoms with E-state index in [2.05, 4.69) is 43.5 Å². The minimum absolute atomic E-state index is 0. The topological polar surface area (TPSA) is 64.1 Å². The van der Waals surface area contributed by atoms with Crippen molar-refractivity contribution < 1.29 is 14.2 Å². The van der Waals surface area contributed by atoms with Crippen LogP contribution in [-0.4, -0.2) is 51.1 Å². The molecular weight excluding hydrogens is 481 g/mol. The van der Waals surface area contributed by atoms with Crippen molar-refractivity contribution in [1.82, 2.24) is 10.6 Å². The van der Waals surface area contributed by atoms with Crippen molar-refractivity contribution in [2.75, 3.05) is 39.5 Å². The highest BCUT2D eigenvalue weighted by molar-refractivity contribution is 14.0. The molecule has 0 aromatic heterocycles. The van der Waals surface area contributed by atoms with E-state index in [0.29, 0.717) is 5.92 Å². The quantitative estimate of drug-likeness (QED) is 0.237. The van der Waals surface area contributed by atoms with Gasteiger partial charge in [0.05, 0.1) is 19.3 Å². The van der Waals surface area contributed by atoms with Crippen molar-refractivity contribution >= 4 is 29.9 Å². The summed E-state index contributed by atoms with van der Waals surface area (Å²) in [5.41, 5.74) is 0.982. The van der Waals surface area contributed by atoms with Crippen LogP contribution in [0.4, 0.5) is 0 Å². The fourth-order valence-corrected chi connectivity index (χ4v) is 3.74. The Morgan fingerprint density at radius 3 is 2.90 bits per heavy atom. The van der Waals surface area contributed by atoms with Gasteiger partial charge in [-0.2, -0.15) is 0 Å². The van der Waals surface area contributed by atoms with Gasteiger partial charge in [-0.25, -0.2) is 0 Å². The largest absolute Gasteiger partial charge is 0.487 e. The molecule has 0 amide bonds. The Kier molecular flexibility index (Phi) is 9.98. The van der Waals surface area contributed by atoms with Gasteiger partial charge in [0.2, 0.25) is 0 Å². The highest BCUT2D eigenvalue weighted by atomic mass is 127. The Balaban J connectivity index is 0.00000300. The number of nitrogens with zero attached hydrogens (tertiary/aromatic N) is 1. The number of para-hydroxylation sites is 1. The van der Waals surface area contributed by atoms with E-state index in [4.69, 9.17) is 19.2 Å². The molecule has 7 heteroatoms. The van der Waals surface area contributed by atoms with E-state index in [0.717, 1.165) is 70.5 Å². The molecule has 0 saturated carbocycles. The summed E-state index contributed by atoms with van der Waals surface area (Å²) in [6, 6.07) is 8.44. The average molecular weight is 517 g/mol. The molecule has 1 fully saturated rings. The molecule has 2 heterocycles. The first-order chi connectivity index (χ1) is 13.6. The summed E-state index contributed by atoms with van der Waals surface area (Å²) >= 11 is 0. The first-order valence-electron chi connectivity index (χ1n) is 10.6. The van der Waals surface area contributed by atoms with Crippen LogP contribution in [0.15, 0.2) is 29.3 Å². The number of hydrogen-bond acceptors (Lipinski definition) is 4. The summed E-state index contributed by atoms with van der Waals surface area (Å²) in [7, 11) is 0. The van der Waals surface area contributed by atoms with Crippen LogP contribution in [0.2, 0.25) is 0 Å². The van der Waals surface area contributed by atoms with Crippen molar-refractivity contribution in [1.29, 1.82) is 0 Å². The Morgan fingerprint density at radius 2 is 2.14 bits per heavy atom. The van der Waals surface area contributed by atoms with Gasteiger partial charge in [0, 0.05) is 44.2 Å². The predicted octanol–water partition coefficient (Wildman–Crippen LogP) is 3.91. The Labute approximate surface area is 192 Å².